The lowest BCUT2D eigenvalue weighted by molar-refractivity contribution is -0.120. The lowest BCUT2D eigenvalue weighted by Gasteiger charge is -2.16. The fourth-order valence-corrected chi connectivity index (χ4v) is 3.86. The Balaban J connectivity index is 1.85. The minimum atomic E-state index is -0.472. The van der Waals surface area contributed by atoms with E-state index in [0.717, 1.165) is 16.0 Å². The Morgan fingerprint density at radius 1 is 0.818 bits per heavy atom. The summed E-state index contributed by atoms with van der Waals surface area (Å²) in [5.74, 6) is 0.231. The number of carbonyl (C=O) groups is 2. The number of rotatable bonds is 6. The molecule has 1 aliphatic heterocycles. The van der Waals surface area contributed by atoms with Gasteiger partial charge in [-0.1, -0.05) is 29.8 Å². The number of hydrogen-bond acceptors (Lipinski definition) is 5. The summed E-state index contributed by atoms with van der Waals surface area (Å²) < 4.78 is 10.6. The molecule has 0 unspecified atom stereocenters. The van der Waals surface area contributed by atoms with Crippen molar-refractivity contribution in [2.24, 2.45) is 0 Å². The largest absolute Gasteiger partial charge is 0.497 e. The van der Waals surface area contributed by atoms with Crippen molar-refractivity contribution in [2.75, 3.05) is 24.4 Å². The number of methoxy groups -OCH3 is 2. The Kier molecular flexibility index (Phi) is 6.11. The summed E-state index contributed by atoms with van der Waals surface area (Å²) in [5, 5.41) is 3.59. The van der Waals surface area contributed by atoms with E-state index in [1.165, 1.54) is 7.11 Å². The fourth-order valence-electron chi connectivity index (χ4n) is 3.69. The number of aryl methyl sites for hydroxylation is 2. The Morgan fingerprint density at radius 2 is 1.55 bits per heavy atom. The number of halogens is 1. The Morgan fingerprint density at radius 3 is 2.18 bits per heavy atom. The number of hydrogen-bond donors (Lipinski definition) is 1. The second kappa shape index (κ2) is 9.00. The van der Waals surface area contributed by atoms with Crippen molar-refractivity contribution in [1.29, 1.82) is 0 Å². The van der Waals surface area contributed by atoms with Gasteiger partial charge in [0.1, 0.15) is 17.2 Å². The molecule has 168 valence electrons. The van der Waals surface area contributed by atoms with Crippen molar-refractivity contribution >= 4 is 40.4 Å². The van der Waals surface area contributed by atoms with Crippen LogP contribution in [-0.2, 0) is 9.59 Å². The van der Waals surface area contributed by atoms with Crippen molar-refractivity contribution < 1.29 is 19.1 Å². The van der Waals surface area contributed by atoms with Gasteiger partial charge >= 0.3 is 0 Å². The summed E-state index contributed by atoms with van der Waals surface area (Å²) in [4.78, 5) is 28.3. The van der Waals surface area contributed by atoms with Crippen LogP contribution < -0.4 is 19.7 Å². The van der Waals surface area contributed by atoms with E-state index in [0.29, 0.717) is 33.5 Å². The second-order valence-corrected chi connectivity index (χ2v) is 8.10. The number of benzene rings is 3. The Hall–Kier alpha value is -3.77. The molecule has 3 aromatic rings. The first-order valence-corrected chi connectivity index (χ1v) is 10.7. The zero-order valence-electron chi connectivity index (χ0n) is 18.7. The highest BCUT2D eigenvalue weighted by Gasteiger charge is 2.40. The Bertz CT molecular complexity index is 1280. The number of nitrogens with zero attached hydrogens (tertiary/aromatic N) is 1. The summed E-state index contributed by atoms with van der Waals surface area (Å²) in [6.07, 6.45) is 0. The second-order valence-electron chi connectivity index (χ2n) is 7.66. The van der Waals surface area contributed by atoms with Gasteiger partial charge in [0.15, 0.2) is 0 Å². The molecular weight excluding hydrogens is 440 g/mol. The maximum Gasteiger partial charge on any atom is 0.282 e. The molecule has 0 spiro atoms. The van der Waals surface area contributed by atoms with E-state index >= 15 is 0 Å². The van der Waals surface area contributed by atoms with Crippen LogP contribution in [0.3, 0.4) is 0 Å². The third kappa shape index (κ3) is 4.17. The third-order valence-corrected chi connectivity index (χ3v) is 5.87. The fraction of sp³-hybridized carbons (Fsp3) is 0.154. The lowest BCUT2D eigenvalue weighted by Crippen LogP contribution is -2.32. The molecule has 1 aliphatic rings. The molecule has 0 radical (unpaired) electrons. The molecule has 0 saturated heterocycles. The molecule has 0 atom stereocenters. The third-order valence-electron chi connectivity index (χ3n) is 5.63. The van der Waals surface area contributed by atoms with Crippen LogP contribution in [0.25, 0.3) is 5.57 Å². The molecule has 6 nitrogen and oxygen atoms in total. The summed E-state index contributed by atoms with van der Waals surface area (Å²) in [6, 6.07) is 17.5. The number of imide groups is 1. The van der Waals surface area contributed by atoms with E-state index in [1.807, 2.05) is 32.0 Å². The lowest BCUT2D eigenvalue weighted by atomic mass is 9.99. The summed E-state index contributed by atoms with van der Waals surface area (Å²) in [6.45, 7) is 3.96. The number of nitrogens with one attached hydrogen (secondary N) is 1. The molecule has 0 aliphatic carbocycles. The van der Waals surface area contributed by atoms with Gasteiger partial charge in [-0.3, -0.25) is 9.59 Å². The highest BCUT2D eigenvalue weighted by molar-refractivity contribution is 6.46. The molecule has 1 N–H and O–H groups in total. The zero-order chi connectivity index (χ0) is 23.7. The first-order chi connectivity index (χ1) is 15.8. The minimum absolute atomic E-state index is 0.152. The van der Waals surface area contributed by atoms with E-state index in [2.05, 4.69) is 5.32 Å². The standard InChI is InChI=1S/C26H23ClN2O4/c1-15-5-6-17(13-16(15)2)23-24(28-21-14-18(27)7-12-22(21)33-4)26(31)29(25(23)30)19-8-10-20(32-3)11-9-19/h5-14,28H,1-4H3. The normalized spacial score (nSPS) is 13.5. The van der Waals surface area contributed by atoms with Crippen molar-refractivity contribution in [1.82, 2.24) is 0 Å². The first kappa shape index (κ1) is 22.4. The predicted molar refractivity (Wildman–Crippen MR) is 130 cm³/mol. The molecule has 2 amide bonds. The monoisotopic (exact) mass is 462 g/mol. The van der Waals surface area contributed by atoms with Crippen LogP contribution in [-0.4, -0.2) is 26.0 Å². The predicted octanol–water partition coefficient (Wildman–Crippen LogP) is 5.37. The summed E-state index contributed by atoms with van der Waals surface area (Å²) >= 11 is 6.18. The first-order valence-electron chi connectivity index (χ1n) is 10.3. The van der Waals surface area contributed by atoms with Gasteiger partial charge in [-0.15, -0.1) is 0 Å². The van der Waals surface area contributed by atoms with Crippen LogP contribution >= 0.6 is 11.6 Å². The van der Waals surface area contributed by atoms with Gasteiger partial charge in [-0.2, -0.15) is 0 Å². The van der Waals surface area contributed by atoms with Gasteiger partial charge in [-0.05, 0) is 73.0 Å². The van der Waals surface area contributed by atoms with Crippen LogP contribution in [0.4, 0.5) is 11.4 Å². The number of anilines is 2. The molecule has 7 heteroatoms. The maximum atomic E-state index is 13.6. The van der Waals surface area contributed by atoms with Gasteiger partial charge < -0.3 is 14.8 Å². The van der Waals surface area contributed by atoms with Gasteiger partial charge in [-0.25, -0.2) is 4.90 Å². The number of amides is 2. The smallest absolute Gasteiger partial charge is 0.282 e. The average molecular weight is 463 g/mol. The summed E-state index contributed by atoms with van der Waals surface area (Å²) in [5.41, 5.74) is 4.12. The Labute approximate surface area is 197 Å². The highest BCUT2D eigenvalue weighted by Crippen LogP contribution is 2.37. The van der Waals surface area contributed by atoms with E-state index in [1.54, 1.807) is 49.6 Å². The van der Waals surface area contributed by atoms with E-state index in [-0.39, 0.29) is 11.3 Å². The van der Waals surface area contributed by atoms with Gasteiger partial charge in [0.25, 0.3) is 11.8 Å². The quantitative estimate of drug-likeness (QED) is 0.499. The molecular formula is C26H23ClN2O4. The molecule has 3 aromatic carbocycles. The van der Waals surface area contributed by atoms with E-state index < -0.39 is 11.8 Å². The van der Waals surface area contributed by atoms with Gasteiger partial charge in [0.05, 0.1) is 31.2 Å². The SMILES string of the molecule is COc1ccc(N2C(=O)C(Nc3cc(Cl)ccc3OC)=C(c3ccc(C)c(C)c3)C2=O)cc1. The van der Waals surface area contributed by atoms with Crippen molar-refractivity contribution in [3.63, 3.8) is 0 Å². The van der Waals surface area contributed by atoms with Crippen LogP contribution in [0.5, 0.6) is 11.5 Å². The number of ether oxygens (including phenoxy) is 2. The van der Waals surface area contributed by atoms with Crippen LogP contribution in [0.15, 0.2) is 66.4 Å². The maximum absolute atomic E-state index is 13.6. The zero-order valence-corrected chi connectivity index (χ0v) is 19.5. The topological polar surface area (TPSA) is 67.9 Å². The van der Waals surface area contributed by atoms with E-state index in [9.17, 15) is 9.59 Å². The number of carbonyl (C=O) groups excluding carboxylic acids is 2. The van der Waals surface area contributed by atoms with Gasteiger partial charge in [0, 0.05) is 5.02 Å². The molecule has 4 rings (SSSR count). The molecule has 0 aromatic heterocycles. The summed E-state index contributed by atoms with van der Waals surface area (Å²) in [7, 11) is 3.08. The molecule has 0 saturated carbocycles. The molecule has 0 fully saturated rings. The van der Waals surface area contributed by atoms with E-state index in [4.69, 9.17) is 21.1 Å². The van der Waals surface area contributed by atoms with Gasteiger partial charge in [0.2, 0.25) is 0 Å². The van der Waals surface area contributed by atoms with Crippen LogP contribution in [0.1, 0.15) is 16.7 Å². The van der Waals surface area contributed by atoms with Crippen molar-refractivity contribution in [2.45, 2.75) is 13.8 Å². The molecule has 1 heterocycles. The van der Waals surface area contributed by atoms with Crippen molar-refractivity contribution in [3.8, 4) is 11.5 Å². The van der Waals surface area contributed by atoms with Crippen LogP contribution in [0, 0.1) is 13.8 Å². The van der Waals surface area contributed by atoms with Crippen molar-refractivity contribution in [3.05, 3.63) is 88.1 Å². The minimum Gasteiger partial charge on any atom is -0.497 e. The molecule has 33 heavy (non-hydrogen) atoms. The highest BCUT2D eigenvalue weighted by atomic mass is 35.5. The molecule has 0 bridgehead atoms. The average Bonchev–Trinajstić information content (AvgIpc) is 3.05. The van der Waals surface area contributed by atoms with Crippen LogP contribution in [0.2, 0.25) is 5.02 Å².